The van der Waals surface area contributed by atoms with Gasteiger partial charge in [0.2, 0.25) is 0 Å². The highest BCUT2D eigenvalue weighted by Crippen LogP contribution is 2.14. The maximum atomic E-state index is 10.1. The second-order valence-electron chi connectivity index (χ2n) is 5.90. The van der Waals surface area contributed by atoms with Gasteiger partial charge in [0.25, 0.3) is 0 Å². The smallest absolute Gasteiger partial charge is 0.0950 e. The Bertz CT molecular complexity index is 220. The SMILES string of the molecule is CCCCCCCCOCC(O)C(CO)N1CCCC1. The normalized spacial score (nSPS) is 19.4. The molecule has 0 saturated carbocycles. The molecule has 0 aromatic heterocycles. The Morgan fingerprint density at radius 2 is 1.70 bits per heavy atom. The van der Waals surface area contributed by atoms with Crippen LogP contribution < -0.4 is 0 Å². The van der Waals surface area contributed by atoms with E-state index < -0.39 is 6.10 Å². The number of nitrogens with zero attached hydrogens (tertiary/aromatic N) is 1. The van der Waals surface area contributed by atoms with E-state index in [0.717, 1.165) is 26.1 Å². The van der Waals surface area contributed by atoms with E-state index >= 15 is 0 Å². The van der Waals surface area contributed by atoms with Crippen molar-refractivity contribution in [3.8, 4) is 0 Å². The van der Waals surface area contributed by atoms with E-state index in [1.165, 1.54) is 44.9 Å². The van der Waals surface area contributed by atoms with E-state index in [1.807, 2.05) is 0 Å². The molecule has 0 aromatic rings. The number of likely N-dealkylation sites (tertiary alicyclic amines) is 1. The molecule has 0 amide bonds. The van der Waals surface area contributed by atoms with Crippen molar-refractivity contribution in [1.29, 1.82) is 0 Å². The third kappa shape index (κ3) is 7.02. The van der Waals surface area contributed by atoms with Crippen molar-refractivity contribution in [3.63, 3.8) is 0 Å². The number of hydrogen-bond acceptors (Lipinski definition) is 4. The summed E-state index contributed by atoms with van der Waals surface area (Å²) in [6, 6.07) is -0.151. The Hall–Kier alpha value is -0.160. The van der Waals surface area contributed by atoms with Crippen LogP contribution in [0.5, 0.6) is 0 Å². The van der Waals surface area contributed by atoms with E-state index in [0.29, 0.717) is 6.61 Å². The summed E-state index contributed by atoms with van der Waals surface area (Å²) in [6.07, 6.45) is 9.26. The van der Waals surface area contributed by atoms with Gasteiger partial charge in [-0.15, -0.1) is 0 Å². The van der Waals surface area contributed by atoms with Crippen molar-refractivity contribution >= 4 is 0 Å². The summed E-state index contributed by atoms with van der Waals surface area (Å²) < 4.78 is 5.56. The average molecular weight is 287 g/mol. The summed E-state index contributed by atoms with van der Waals surface area (Å²) >= 11 is 0. The topological polar surface area (TPSA) is 52.9 Å². The highest BCUT2D eigenvalue weighted by molar-refractivity contribution is 4.81. The molecule has 1 heterocycles. The zero-order chi connectivity index (χ0) is 14.6. The maximum Gasteiger partial charge on any atom is 0.0950 e. The van der Waals surface area contributed by atoms with Gasteiger partial charge in [-0.25, -0.2) is 0 Å². The van der Waals surface area contributed by atoms with Crippen molar-refractivity contribution < 1.29 is 14.9 Å². The number of aliphatic hydroxyl groups excluding tert-OH is 2. The Balaban J connectivity index is 2.02. The lowest BCUT2D eigenvalue weighted by molar-refractivity contribution is -0.0295. The molecule has 2 atom stereocenters. The molecule has 2 N–H and O–H groups in total. The number of hydrogen-bond donors (Lipinski definition) is 2. The summed E-state index contributed by atoms with van der Waals surface area (Å²) in [6.45, 7) is 5.28. The molecular formula is C16H33NO3. The Labute approximate surface area is 124 Å². The largest absolute Gasteiger partial charge is 0.395 e. The lowest BCUT2D eigenvalue weighted by Gasteiger charge is -2.29. The molecule has 1 aliphatic rings. The van der Waals surface area contributed by atoms with Crippen LogP contribution in [0.4, 0.5) is 0 Å². The van der Waals surface area contributed by atoms with Crippen LogP contribution in [-0.4, -0.2) is 60.2 Å². The molecule has 20 heavy (non-hydrogen) atoms. The molecule has 1 aliphatic heterocycles. The summed E-state index contributed by atoms with van der Waals surface area (Å²) in [7, 11) is 0. The van der Waals surface area contributed by atoms with Gasteiger partial charge in [0.15, 0.2) is 0 Å². The molecular weight excluding hydrogens is 254 g/mol. The Morgan fingerprint density at radius 1 is 1.05 bits per heavy atom. The van der Waals surface area contributed by atoms with Crippen molar-refractivity contribution in [2.45, 2.75) is 70.4 Å². The highest BCUT2D eigenvalue weighted by Gasteiger charge is 2.27. The van der Waals surface area contributed by atoms with Gasteiger partial charge < -0.3 is 14.9 Å². The van der Waals surface area contributed by atoms with E-state index in [9.17, 15) is 10.2 Å². The third-order valence-corrected chi connectivity index (χ3v) is 4.17. The van der Waals surface area contributed by atoms with Crippen LogP contribution in [0, 0.1) is 0 Å². The average Bonchev–Trinajstić information content (AvgIpc) is 2.96. The van der Waals surface area contributed by atoms with Crippen LogP contribution in [0.2, 0.25) is 0 Å². The van der Waals surface area contributed by atoms with Crippen molar-refractivity contribution in [3.05, 3.63) is 0 Å². The summed E-state index contributed by atoms with van der Waals surface area (Å²) in [5, 5.41) is 19.5. The van der Waals surface area contributed by atoms with E-state index in [1.54, 1.807) is 0 Å². The first-order chi connectivity index (χ1) is 9.79. The van der Waals surface area contributed by atoms with Crippen molar-refractivity contribution in [2.24, 2.45) is 0 Å². The molecule has 0 aliphatic carbocycles. The lowest BCUT2D eigenvalue weighted by Crippen LogP contribution is -2.46. The summed E-state index contributed by atoms with van der Waals surface area (Å²) in [5.41, 5.74) is 0. The first-order valence-electron chi connectivity index (χ1n) is 8.40. The zero-order valence-corrected chi connectivity index (χ0v) is 13.1. The highest BCUT2D eigenvalue weighted by atomic mass is 16.5. The second-order valence-corrected chi connectivity index (χ2v) is 5.90. The molecule has 4 nitrogen and oxygen atoms in total. The molecule has 1 rings (SSSR count). The minimum Gasteiger partial charge on any atom is -0.395 e. The zero-order valence-electron chi connectivity index (χ0n) is 13.1. The van der Waals surface area contributed by atoms with Gasteiger partial charge in [-0.1, -0.05) is 39.0 Å². The van der Waals surface area contributed by atoms with Gasteiger partial charge in [0, 0.05) is 6.61 Å². The first kappa shape index (κ1) is 17.9. The lowest BCUT2D eigenvalue weighted by atomic mass is 10.1. The third-order valence-electron chi connectivity index (χ3n) is 4.17. The second kappa shape index (κ2) is 11.5. The molecule has 120 valence electrons. The maximum absolute atomic E-state index is 10.1. The number of aliphatic hydroxyl groups is 2. The Kier molecular flexibility index (Phi) is 10.3. The quantitative estimate of drug-likeness (QED) is 0.540. The molecule has 0 spiro atoms. The molecule has 1 fully saturated rings. The molecule has 1 saturated heterocycles. The van der Waals surface area contributed by atoms with Gasteiger partial charge in [-0.2, -0.15) is 0 Å². The monoisotopic (exact) mass is 287 g/mol. The fourth-order valence-corrected chi connectivity index (χ4v) is 2.85. The van der Waals surface area contributed by atoms with Gasteiger partial charge in [-0.05, 0) is 32.4 Å². The van der Waals surface area contributed by atoms with Gasteiger partial charge >= 0.3 is 0 Å². The van der Waals surface area contributed by atoms with E-state index in [2.05, 4.69) is 11.8 Å². The fraction of sp³-hybridized carbons (Fsp3) is 1.00. The minimum absolute atomic E-state index is 0.0154. The standard InChI is InChI=1S/C16H33NO3/c1-2-3-4-5-6-9-12-20-14-16(19)15(13-18)17-10-7-8-11-17/h15-16,18-19H,2-14H2,1H3. The molecule has 0 radical (unpaired) electrons. The summed E-state index contributed by atoms with van der Waals surface area (Å²) in [5.74, 6) is 0. The van der Waals surface area contributed by atoms with Crippen molar-refractivity contribution in [2.75, 3.05) is 32.9 Å². The van der Waals surface area contributed by atoms with Crippen LogP contribution >= 0.6 is 0 Å². The molecule has 0 aromatic carbocycles. The molecule has 4 heteroatoms. The van der Waals surface area contributed by atoms with Crippen LogP contribution in [0.3, 0.4) is 0 Å². The van der Waals surface area contributed by atoms with Crippen LogP contribution in [0.25, 0.3) is 0 Å². The Morgan fingerprint density at radius 3 is 2.35 bits per heavy atom. The van der Waals surface area contributed by atoms with E-state index in [-0.39, 0.29) is 12.6 Å². The van der Waals surface area contributed by atoms with Gasteiger partial charge in [-0.3, -0.25) is 4.90 Å². The van der Waals surface area contributed by atoms with Crippen LogP contribution in [-0.2, 0) is 4.74 Å². The van der Waals surface area contributed by atoms with Gasteiger partial charge in [0.05, 0.1) is 25.4 Å². The first-order valence-corrected chi connectivity index (χ1v) is 8.40. The van der Waals surface area contributed by atoms with E-state index in [4.69, 9.17) is 4.74 Å². The van der Waals surface area contributed by atoms with Crippen LogP contribution in [0.15, 0.2) is 0 Å². The van der Waals surface area contributed by atoms with Gasteiger partial charge in [0.1, 0.15) is 0 Å². The minimum atomic E-state index is -0.571. The number of unbranched alkanes of at least 4 members (excludes halogenated alkanes) is 5. The summed E-state index contributed by atoms with van der Waals surface area (Å²) in [4.78, 5) is 2.18. The number of rotatable bonds is 12. The molecule has 2 unspecified atom stereocenters. The van der Waals surface area contributed by atoms with Crippen molar-refractivity contribution in [1.82, 2.24) is 4.90 Å². The fourth-order valence-electron chi connectivity index (χ4n) is 2.85. The number of ether oxygens (including phenoxy) is 1. The van der Waals surface area contributed by atoms with Crippen LogP contribution in [0.1, 0.15) is 58.3 Å². The predicted octanol–water partition coefficient (Wildman–Crippen LogP) is 2.18. The molecule has 0 bridgehead atoms. The predicted molar refractivity (Wildman–Crippen MR) is 81.9 cm³/mol.